The van der Waals surface area contributed by atoms with E-state index in [4.69, 9.17) is 16.3 Å². The third kappa shape index (κ3) is 8.57. The van der Waals surface area contributed by atoms with Gasteiger partial charge in [-0.3, -0.25) is 13.9 Å². The van der Waals surface area contributed by atoms with Gasteiger partial charge in [0.1, 0.15) is 18.3 Å². The SMILES string of the molecule is COc1ccc(C)cc1N(CC(=O)N(Cc1cccc(Cl)c1)C(Cc1ccccc1)C(=O)NC1CCCC1)S(=O)(=O)c1ccc(C)cc1. The molecule has 0 bridgehead atoms. The van der Waals surface area contributed by atoms with Crippen molar-refractivity contribution in [2.75, 3.05) is 18.0 Å². The second-order valence-electron chi connectivity index (χ2n) is 12.3. The first kappa shape index (κ1) is 35.0. The molecule has 48 heavy (non-hydrogen) atoms. The number of hydrogen-bond donors (Lipinski definition) is 1. The molecule has 252 valence electrons. The van der Waals surface area contributed by atoms with Gasteiger partial charge in [-0.1, -0.05) is 90.7 Å². The lowest BCUT2D eigenvalue weighted by Gasteiger charge is -2.34. The van der Waals surface area contributed by atoms with Crippen molar-refractivity contribution in [1.29, 1.82) is 0 Å². The van der Waals surface area contributed by atoms with Gasteiger partial charge in [0.15, 0.2) is 0 Å². The van der Waals surface area contributed by atoms with Crippen LogP contribution in [0.5, 0.6) is 5.75 Å². The van der Waals surface area contributed by atoms with Gasteiger partial charge in [0.25, 0.3) is 10.0 Å². The predicted octanol–water partition coefficient (Wildman–Crippen LogP) is 6.86. The fraction of sp³-hybridized carbons (Fsp3) is 0.316. The van der Waals surface area contributed by atoms with Gasteiger partial charge in [-0.15, -0.1) is 0 Å². The number of carbonyl (C=O) groups is 2. The second kappa shape index (κ2) is 15.7. The number of rotatable bonds is 13. The molecule has 1 atom stereocenters. The minimum Gasteiger partial charge on any atom is -0.495 e. The van der Waals surface area contributed by atoms with Crippen LogP contribution in [0, 0.1) is 13.8 Å². The van der Waals surface area contributed by atoms with Crippen LogP contribution in [-0.2, 0) is 32.6 Å². The summed E-state index contributed by atoms with van der Waals surface area (Å²) >= 11 is 6.36. The molecule has 5 rings (SSSR count). The van der Waals surface area contributed by atoms with Gasteiger partial charge < -0.3 is 15.0 Å². The number of amides is 2. The Balaban J connectivity index is 1.60. The summed E-state index contributed by atoms with van der Waals surface area (Å²) in [5, 5.41) is 3.68. The Labute approximate surface area is 288 Å². The average molecular weight is 688 g/mol. The van der Waals surface area contributed by atoms with Crippen molar-refractivity contribution in [3.63, 3.8) is 0 Å². The van der Waals surface area contributed by atoms with Gasteiger partial charge in [0, 0.05) is 24.0 Å². The highest BCUT2D eigenvalue weighted by molar-refractivity contribution is 7.92. The number of aryl methyl sites for hydroxylation is 2. The molecule has 2 amide bonds. The number of benzene rings is 4. The third-order valence-electron chi connectivity index (χ3n) is 8.71. The Morgan fingerprint density at radius 3 is 2.21 bits per heavy atom. The van der Waals surface area contributed by atoms with E-state index in [9.17, 15) is 18.0 Å². The molecule has 0 aliphatic heterocycles. The van der Waals surface area contributed by atoms with Crippen LogP contribution in [-0.4, -0.2) is 50.9 Å². The highest BCUT2D eigenvalue weighted by Crippen LogP contribution is 2.34. The van der Waals surface area contributed by atoms with E-state index in [1.807, 2.05) is 56.3 Å². The van der Waals surface area contributed by atoms with Crippen LogP contribution in [0.25, 0.3) is 0 Å². The number of carbonyl (C=O) groups excluding carboxylic acids is 2. The minimum atomic E-state index is -4.27. The molecule has 4 aromatic rings. The molecule has 0 aromatic heterocycles. The summed E-state index contributed by atoms with van der Waals surface area (Å²) in [6.07, 6.45) is 4.06. The largest absolute Gasteiger partial charge is 0.495 e. The molecule has 1 N–H and O–H groups in total. The zero-order valence-corrected chi connectivity index (χ0v) is 29.1. The monoisotopic (exact) mass is 687 g/mol. The average Bonchev–Trinajstić information content (AvgIpc) is 3.58. The summed E-state index contributed by atoms with van der Waals surface area (Å²) in [6.45, 7) is 3.19. The zero-order chi connectivity index (χ0) is 34.3. The molecule has 0 saturated heterocycles. The third-order valence-corrected chi connectivity index (χ3v) is 10.7. The van der Waals surface area contributed by atoms with Crippen LogP contribution >= 0.6 is 11.6 Å². The van der Waals surface area contributed by atoms with Crippen molar-refractivity contribution in [3.05, 3.63) is 124 Å². The van der Waals surface area contributed by atoms with Crippen molar-refractivity contribution in [2.24, 2.45) is 0 Å². The highest BCUT2D eigenvalue weighted by atomic mass is 35.5. The van der Waals surface area contributed by atoms with Gasteiger partial charge in [-0.25, -0.2) is 8.42 Å². The normalized spacial score (nSPS) is 13.9. The molecule has 1 aliphatic rings. The van der Waals surface area contributed by atoms with Gasteiger partial charge in [0.05, 0.1) is 17.7 Å². The predicted molar refractivity (Wildman–Crippen MR) is 190 cm³/mol. The fourth-order valence-electron chi connectivity index (χ4n) is 6.10. The van der Waals surface area contributed by atoms with Gasteiger partial charge in [-0.05, 0) is 79.8 Å². The molecule has 1 aliphatic carbocycles. The number of hydrogen-bond acceptors (Lipinski definition) is 5. The summed E-state index contributed by atoms with van der Waals surface area (Å²) < 4.78 is 35.5. The van der Waals surface area contributed by atoms with Crippen LogP contribution in [0.1, 0.15) is 47.9 Å². The van der Waals surface area contributed by atoms with Crippen molar-refractivity contribution in [3.8, 4) is 5.75 Å². The first-order valence-corrected chi connectivity index (χ1v) is 18.0. The van der Waals surface area contributed by atoms with Gasteiger partial charge in [-0.2, -0.15) is 0 Å². The van der Waals surface area contributed by atoms with Crippen molar-refractivity contribution >= 4 is 39.1 Å². The second-order valence-corrected chi connectivity index (χ2v) is 14.6. The summed E-state index contributed by atoms with van der Waals surface area (Å²) in [6, 6.07) is 27.4. The number of nitrogens with zero attached hydrogens (tertiary/aromatic N) is 2. The number of methoxy groups -OCH3 is 1. The van der Waals surface area contributed by atoms with E-state index in [1.54, 1.807) is 42.5 Å². The first-order chi connectivity index (χ1) is 23.0. The van der Waals surface area contributed by atoms with E-state index in [-0.39, 0.29) is 35.5 Å². The summed E-state index contributed by atoms with van der Waals surface area (Å²) in [7, 11) is -2.81. The van der Waals surface area contributed by atoms with E-state index in [0.717, 1.165) is 46.7 Å². The molecule has 1 fully saturated rings. The maximum atomic E-state index is 14.8. The Morgan fingerprint density at radius 2 is 1.54 bits per heavy atom. The fourth-order valence-corrected chi connectivity index (χ4v) is 7.73. The van der Waals surface area contributed by atoms with Crippen LogP contribution in [0.3, 0.4) is 0 Å². The molecule has 4 aromatic carbocycles. The summed E-state index contributed by atoms with van der Waals surface area (Å²) in [4.78, 5) is 30.5. The Kier molecular flexibility index (Phi) is 11.4. The van der Waals surface area contributed by atoms with Crippen LogP contribution in [0.15, 0.2) is 102 Å². The molecule has 10 heteroatoms. The molecular formula is C38H42ClN3O5S. The number of sulfonamides is 1. The molecule has 1 unspecified atom stereocenters. The number of ether oxygens (including phenoxy) is 1. The summed E-state index contributed by atoms with van der Waals surface area (Å²) in [5.74, 6) is -0.524. The quantitative estimate of drug-likeness (QED) is 0.166. The number of halogens is 1. The maximum absolute atomic E-state index is 14.8. The molecule has 1 saturated carbocycles. The maximum Gasteiger partial charge on any atom is 0.264 e. The van der Waals surface area contributed by atoms with Gasteiger partial charge in [0.2, 0.25) is 11.8 Å². The van der Waals surface area contributed by atoms with E-state index >= 15 is 0 Å². The number of anilines is 1. The Morgan fingerprint density at radius 1 is 0.875 bits per heavy atom. The van der Waals surface area contributed by atoms with E-state index in [1.165, 1.54) is 24.1 Å². The van der Waals surface area contributed by atoms with Crippen LogP contribution in [0.2, 0.25) is 5.02 Å². The molecule has 0 spiro atoms. The Hall–Kier alpha value is -4.34. The molecule has 0 heterocycles. The molecular weight excluding hydrogens is 646 g/mol. The van der Waals surface area contributed by atoms with Crippen molar-refractivity contribution in [1.82, 2.24) is 10.2 Å². The van der Waals surface area contributed by atoms with Crippen molar-refractivity contribution < 1.29 is 22.7 Å². The zero-order valence-electron chi connectivity index (χ0n) is 27.6. The van der Waals surface area contributed by atoms with E-state index < -0.39 is 28.5 Å². The van der Waals surface area contributed by atoms with E-state index in [0.29, 0.717) is 16.3 Å². The van der Waals surface area contributed by atoms with Crippen LogP contribution in [0.4, 0.5) is 5.69 Å². The van der Waals surface area contributed by atoms with Crippen LogP contribution < -0.4 is 14.4 Å². The highest BCUT2D eigenvalue weighted by Gasteiger charge is 2.36. The lowest BCUT2D eigenvalue weighted by Crippen LogP contribution is -2.54. The lowest BCUT2D eigenvalue weighted by atomic mass is 10.0. The smallest absolute Gasteiger partial charge is 0.264 e. The van der Waals surface area contributed by atoms with E-state index in [2.05, 4.69) is 5.32 Å². The lowest BCUT2D eigenvalue weighted by molar-refractivity contribution is -0.140. The first-order valence-electron chi connectivity index (χ1n) is 16.2. The van der Waals surface area contributed by atoms with Crippen molar-refractivity contribution in [2.45, 2.75) is 69.5 Å². The topological polar surface area (TPSA) is 96.0 Å². The molecule has 0 radical (unpaired) electrons. The number of nitrogens with one attached hydrogen (secondary N) is 1. The van der Waals surface area contributed by atoms with Gasteiger partial charge >= 0.3 is 0 Å². The molecule has 8 nitrogen and oxygen atoms in total. The summed E-state index contributed by atoms with van der Waals surface area (Å²) in [5.41, 5.74) is 3.50. The Bertz CT molecular complexity index is 1830. The minimum absolute atomic E-state index is 0.0221. The standard InChI is InChI=1S/C38H42ClN3O5S/c1-27-16-19-33(20-17-27)48(45,46)42(34-22-28(2)18-21-36(34)47-3)26-37(43)41(25-30-12-9-13-31(39)23-30)35(24-29-10-5-4-6-11-29)38(44)40-32-14-7-8-15-32/h4-6,9-13,16-23,32,35H,7-8,14-15,24-26H2,1-3H3,(H,40,44).